The van der Waals surface area contributed by atoms with Gasteiger partial charge in [0.25, 0.3) is 5.91 Å². The quantitative estimate of drug-likeness (QED) is 0.926. The lowest BCUT2D eigenvalue weighted by Gasteiger charge is -2.21. The first-order chi connectivity index (χ1) is 8.54. The average Bonchev–Trinajstić information content (AvgIpc) is 2.81. The van der Waals surface area contributed by atoms with Crippen LogP contribution < -0.4 is 5.73 Å². The van der Waals surface area contributed by atoms with Gasteiger partial charge >= 0.3 is 0 Å². The van der Waals surface area contributed by atoms with E-state index < -0.39 is 0 Å². The van der Waals surface area contributed by atoms with Gasteiger partial charge in [-0.15, -0.1) is 23.7 Å². The van der Waals surface area contributed by atoms with E-state index in [9.17, 15) is 4.79 Å². The van der Waals surface area contributed by atoms with E-state index in [2.05, 4.69) is 18.8 Å². The number of nitrogens with two attached hydrogens (primary N) is 1. The minimum absolute atomic E-state index is 0. The van der Waals surface area contributed by atoms with Gasteiger partial charge in [0.2, 0.25) is 0 Å². The summed E-state index contributed by atoms with van der Waals surface area (Å²) in [6.07, 6.45) is 0.760. The van der Waals surface area contributed by atoms with Gasteiger partial charge in [0.15, 0.2) is 0 Å². The van der Waals surface area contributed by atoms with E-state index in [1.807, 2.05) is 10.3 Å². The van der Waals surface area contributed by atoms with Crippen molar-refractivity contribution in [1.82, 2.24) is 9.88 Å². The van der Waals surface area contributed by atoms with Crippen LogP contribution in [0.1, 0.15) is 29.3 Å². The fraction of sp³-hybridized carbons (Fsp3) is 0.692. The summed E-state index contributed by atoms with van der Waals surface area (Å²) >= 11 is 1.53. The van der Waals surface area contributed by atoms with Gasteiger partial charge in [-0.25, -0.2) is 4.98 Å². The van der Waals surface area contributed by atoms with Gasteiger partial charge in [-0.2, -0.15) is 0 Å². The molecule has 19 heavy (non-hydrogen) atoms. The van der Waals surface area contributed by atoms with Crippen LogP contribution in [0.25, 0.3) is 0 Å². The summed E-state index contributed by atoms with van der Waals surface area (Å²) in [5, 5.41) is 2.83. The molecule has 1 aliphatic heterocycles. The molecular formula is C13H20ClN3OS. The molecule has 1 aromatic heterocycles. The second kappa shape index (κ2) is 5.04. The van der Waals surface area contributed by atoms with E-state index in [0.717, 1.165) is 24.5 Å². The highest BCUT2D eigenvalue weighted by Gasteiger charge is 2.62. The van der Waals surface area contributed by atoms with Crippen molar-refractivity contribution in [3.63, 3.8) is 0 Å². The number of thiazole rings is 1. The first kappa shape index (κ1) is 14.8. The Morgan fingerprint density at radius 3 is 2.74 bits per heavy atom. The summed E-state index contributed by atoms with van der Waals surface area (Å²) in [6.45, 7) is 6.99. The van der Waals surface area contributed by atoms with Gasteiger partial charge in [0, 0.05) is 24.9 Å². The van der Waals surface area contributed by atoms with Crippen molar-refractivity contribution >= 4 is 29.7 Å². The molecule has 1 aromatic rings. The topological polar surface area (TPSA) is 59.2 Å². The Balaban J connectivity index is 0.00000133. The largest absolute Gasteiger partial charge is 0.337 e. The van der Waals surface area contributed by atoms with Gasteiger partial charge in [-0.1, -0.05) is 13.8 Å². The highest BCUT2D eigenvalue weighted by Crippen LogP contribution is 2.62. The van der Waals surface area contributed by atoms with Crippen molar-refractivity contribution in [3.8, 4) is 0 Å². The van der Waals surface area contributed by atoms with Gasteiger partial charge in [-0.05, 0) is 23.8 Å². The third-order valence-corrected chi connectivity index (χ3v) is 5.45. The van der Waals surface area contributed by atoms with Crippen LogP contribution >= 0.6 is 23.7 Å². The third-order valence-electron chi connectivity index (χ3n) is 4.54. The van der Waals surface area contributed by atoms with E-state index in [0.29, 0.717) is 29.5 Å². The first-order valence-corrected chi connectivity index (χ1v) is 7.35. The van der Waals surface area contributed by atoms with Crippen molar-refractivity contribution in [1.29, 1.82) is 0 Å². The van der Waals surface area contributed by atoms with Gasteiger partial charge < -0.3 is 10.6 Å². The van der Waals surface area contributed by atoms with E-state index >= 15 is 0 Å². The molecule has 2 atom stereocenters. The van der Waals surface area contributed by atoms with Crippen LogP contribution in [0.5, 0.6) is 0 Å². The molecule has 1 saturated carbocycles. The normalized spacial score (nSPS) is 26.8. The zero-order valence-electron chi connectivity index (χ0n) is 11.3. The molecule has 1 aliphatic carbocycles. The number of amides is 1. The van der Waals surface area contributed by atoms with Gasteiger partial charge in [0.05, 0.1) is 5.01 Å². The van der Waals surface area contributed by atoms with Crippen LogP contribution in [0.4, 0.5) is 0 Å². The summed E-state index contributed by atoms with van der Waals surface area (Å²) < 4.78 is 0. The molecule has 2 N–H and O–H groups in total. The highest BCUT2D eigenvalue weighted by molar-refractivity contribution is 7.09. The monoisotopic (exact) mass is 301 g/mol. The fourth-order valence-corrected chi connectivity index (χ4v) is 3.90. The average molecular weight is 302 g/mol. The molecule has 2 aliphatic rings. The molecule has 2 fully saturated rings. The van der Waals surface area contributed by atoms with E-state index in [-0.39, 0.29) is 18.3 Å². The first-order valence-electron chi connectivity index (χ1n) is 6.47. The van der Waals surface area contributed by atoms with Crippen LogP contribution in [-0.4, -0.2) is 35.4 Å². The summed E-state index contributed by atoms with van der Waals surface area (Å²) in [7, 11) is 0. The van der Waals surface area contributed by atoms with E-state index in [4.69, 9.17) is 5.73 Å². The molecule has 3 rings (SSSR count). The maximum Gasteiger partial charge on any atom is 0.273 e. The molecule has 6 heteroatoms. The number of carbonyl (C=O) groups excluding carboxylic acids is 1. The molecule has 0 bridgehead atoms. The zero-order chi connectivity index (χ0) is 12.9. The molecule has 2 heterocycles. The number of nitrogens with zero attached hydrogens (tertiary/aromatic N) is 2. The molecule has 2 unspecified atom stereocenters. The van der Waals surface area contributed by atoms with Crippen molar-refractivity contribution in [3.05, 3.63) is 16.1 Å². The van der Waals surface area contributed by atoms with Crippen LogP contribution in [0.3, 0.4) is 0 Å². The number of hydrogen-bond donors (Lipinski definition) is 1. The molecule has 1 saturated heterocycles. The summed E-state index contributed by atoms with van der Waals surface area (Å²) in [5.41, 5.74) is 6.54. The fourth-order valence-electron chi connectivity index (χ4n) is 3.11. The second-order valence-corrected chi connectivity index (χ2v) is 6.85. The zero-order valence-corrected chi connectivity index (χ0v) is 12.9. The predicted octanol–water partition coefficient (Wildman–Crippen LogP) is 1.79. The molecule has 106 valence electrons. The van der Waals surface area contributed by atoms with Crippen LogP contribution in [0.2, 0.25) is 0 Å². The summed E-state index contributed by atoms with van der Waals surface area (Å²) in [4.78, 5) is 18.6. The highest BCUT2D eigenvalue weighted by atomic mass is 35.5. The number of rotatable bonds is 3. The van der Waals surface area contributed by atoms with E-state index in [1.165, 1.54) is 11.3 Å². The number of hydrogen-bond acceptors (Lipinski definition) is 4. The standard InChI is InChI=1S/C13H19N3OS.ClH/c1-13(2)8-5-16(6-9(8)13)12(17)10-7-18-11(15-10)3-4-14;/h7-9H,3-6,14H2,1-2H3;1H. The Morgan fingerprint density at radius 2 is 2.16 bits per heavy atom. The van der Waals surface area contributed by atoms with Crippen LogP contribution in [-0.2, 0) is 6.42 Å². The second-order valence-electron chi connectivity index (χ2n) is 5.91. The minimum Gasteiger partial charge on any atom is -0.337 e. The molecule has 0 radical (unpaired) electrons. The lowest BCUT2D eigenvalue weighted by atomic mass is 10.1. The van der Waals surface area contributed by atoms with Crippen molar-refractivity contribution in [2.24, 2.45) is 23.0 Å². The Hall–Kier alpha value is -0.650. The number of carbonyl (C=O) groups is 1. The molecule has 1 amide bonds. The SMILES string of the molecule is CC1(C)C2CN(C(=O)c3csc(CCN)n3)CC21.Cl. The number of halogens is 1. The van der Waals surface area contributed by atoms with Gasteiger partial charge in [-0.3, -0.25) is 4.79 Å². The lowest BCUT2D eigenvalue weighted by molar-refractivity contribution is 0.0753. The number of fused-ring (bicyclic) bond motifs is 1. The third kappa shape index (κ3) is 2.39. The van der Waals surface area contributed by atoms with Gasteiger partial charge in [0.1, 0.15) is 5.69 Å². The maximum absolute atomic E-state index is 12.3. The Bertz CT molecular complexity index is 474. The molecular weight excluding hydrogens is 282 g/mol. The van der Waals surface area contributed by atoms with Crippen LogP contribution in [0, 0.1) is 17.3 Å². The summed E-state index contributed by atoms with van der Waals surface area (Å²) in [6, 6.07) is 0. The molecule has 0 spiro atoms. The lowest BCUT2D eigenvalue weighted by Crippen LogP contribution is -2.33. The van der Waals surface area contributed by atoms with E-state index in [1.54, 1.807) is 0 Å². The minimum atomic E-state index is 0. The Kier molecular flexibility index (Phi) is 3.91. The summed E-state index contributed by atoms with van der Waals surface area (Å²) in [5.74, 6) is 1.49. The van der Waals surface area contributed by atoms with Crippen molar-refractivity contribution in [2.45, 2.75) is 20.3 Å². The number of likely N-dealkylation sites (tertiary alicyclic amines) is 1. The maximum atomic E-state index is 12.3. The number of aromatic nitrogens is 1. The van der Waals surface area contributed by atoms with Crippen molar-refractivity contribution in [2.75, 3.05) is 19.6 Å². The Labute approximate surface area is 123 Å². The Morgan fingerprint density at radius 1 is 1.53 bits per heavy atom. The van der Waals surface area contributed by atoms with Crippen molar-refractivity contribution < 1.29 is 4.79 Å². The predicted molar refractivity (Wildman–Crippen MR) is 78.8 cm³/mol. The molecule has 4 nitrogen and oxygen atoms in total. The van der Waals surface area contributed by atoms with Crippen LogP contribution in [0.15, 0.2) is 5.38 Å². The smallest absolute Gasteiger partial charge is 0.273 e. The molecule has 0 aromatic carbocycles. The number of piperidine rings is 1.